The van der Waals surface area contributed by atoms with E-state index in [1.165, 1.54) is 6.42 Å². The van der Waals surface area contributed by atoms with Gasteiger partial charge in [0, 0.05) is 18.8 Å². The van der Waals surface area contributed by atoms with Crippen LogP contribution in [-0.2, 0) is 14.2 Å². The molecule has 0 bridgehead atoms. The van der Waals surface area contributed by atoms with E-state index in [1.54, 1.807) is 0 Å². The summed E-state index contributed by atoms with van der Waals surface area (Å²) in [6.07, 6.45) is 4.35. The molecule has 1 aromatic carbocycles. The first-order valence-electron chi connectivity index (χ1n) is 11.5. The molecule has 174 valence electrons. The van der Waals surface area contributed by atoms with Crippen LogP contribution in [0.4, 0.5) is 0 Å². The molecular weight excluding hydrogens is 446 g/mol. The third-order valence-corrected chi connectivity index (χ3v) is 6.71. The van der Waals surface area contributed by atoms with E-state index in [1.807, 2.05) is 30.3 Å². The second kappa shape index (κ2) is 9.10. The van der Waals surface area contributed by atoms with E-state index < -0.39 is 0 Å². The van der Waals surface area contributed by atoms with E-state index in [-0.39, 0.29) is 24.4 Å². The monoisotopic (exact) mass is 471 g/mol. The molecule has 5 heterocycles. The summed E-state index contributed by atoms with van der Waals surface area (Å²) in [5.74, 6) is 0.798. The maximum absolute atomic E-state index is 6.55. The third-order valence-electron chi connectivity index (χ3n) is 6.43. The van der Waals surface area contributed by atoms with Gasteiger partial charge in [-0.25, -0.2) is 4.98 Å². The summed E-state index contributed by atoms with van der Waals surface area (Å²) in [5.41, 5.74) is 2.81. The molecule has 0 amide bonds. The lowest BCUT2D eigenvalue weighted by Crippen LogP contribution is -2.32. The van der Waals surface area contributed by atoms with E-state index in [9.17, 15) is 0 Å². The van der Waals surface area contributed by atoms with E-state index in [0.717, 1.165) is 37.2 Å². The molecule has 3 aliphatic rings. The fraction of sp³-hybridized carbons (Fsp3) is 0.500. The number of nitrogens with one attached hydrogen (secondary N) is 1. The Morgan fingerprint density at radius 2 is 1.94 bits per heavy atom. The van der Waals surface area contributed by atoms with Crippen LogP contribution < -0.4 is 9.47 Å². The number of benzene rings is 1. The number of halogens is 1. The molecule has 4 atom stereocenters. The molecule has 6 rings (SSSR count). The first-order valence-corrected chi connectivity index (χ1v) is 11.9. The molecule has 9 heteroatoms. The topological polar surface area (TPSA) is 87.7 Å². The Labute approximate surface area is 196 Å². The van der Waals surface area contributed by atoms with Crippen molar-refractivity contribution in [3.63, 3.8) is 0 Å². The van der Waals surface area contributed by atoms with Gasteiger partial charge in [0.05, 0.1) is 35.0 Å². The lowest BCUT2D eigenvalue weighted by atomic mass is 10.1. The molecule has 3 fully saturated rings. The predicted molar refractivity (Wildman–Crippen MR) is 122 cm³/mol. The number of aromatic nitrogens is 3. The van der Waals surface area contributed by atoms with E-state index >= 15 is 0 Å². The van der Waals surface area contributed by atoms with Gasteiger partial charge in [0.15, 0.2) is 11.8 Å². The summed E-state index contributed by atoms with van der Waals surface area (Å²) in [7, 11) is 0. The van der Waals surface area contributed by atoms with Crippen LogP contribution in [0.5, 0.6) is 11.8 Å². The predicted octanol–water partition coefficient (Wildman–Crippen LogP) is 4.16. The van der Waals surface area contributed by atoms with Crippen LogP contribution in [0.2, 0.25) is 5.02 Å². The van der Waals surface area contributed by atoms with Crippen LogP contribution >= 0.6 is 11.6 Å². The van der Waals surface area contributed by atoms with Gasteiger partial charge >= 0.3 is 0 Å². The summed E-state index contributed by atoms with van der Waals surface area (Å²) >= 11 is 6.55. The van der Waals surface area contributed by atoms with Crippen LogP contribution in [0, 0.1) is 0 Å². The first kappa shape index (κ1) is 21.2. The van der Waals surface area contributed by atoms with Crippen LogP contribution in [0.1, 0.15) is 25.7 Å². The normalized spacial score (nSPS) is 27.1. The Balaban J connectivity index is 1.16. The number of H-pyrrole nitrogens is 1. The van der Waals surface area contributed by atoms with Gasteiger partial charge in [0.25, 0.3) is 6.01 Å². The summed E-state index contributed by atoms with van der Waals surface area (Å²) in [5, 5.41) is 0.533. The minimum absolute atomic E-state index is 0.0456. The van der Waals surface area contributed by atoms with Gasteiger partial charge in [0.2, 0.25) is 0 Å². The minimum Gasteiger partial charge on any atom is -0.491 e. The van der Waals surface area contributed by atoms with Gasteiger partial charge in [-0.15, -0.1) is 0 Å². The molecule has 3 aromatic rings. The minimum atomic E-state index is -0.181. The molecule has 3 aliphatic heterocycles. The Morgan fingerprint density at radius 1 is 1.03 bits per heavy atom. The zero-order chi connectivity index (χ0) is 22.2. The highest BCUT2D eigenvalue weighted by atomic mass is 35.5. The molecule has 0 aliphatic carbocycles. The maximum atomic E-state index is 6.55. The van der Waals surface area contributed by atoms with Crippen molar-refractivity contribution in [2.24, 2.45) is 0 Å². The zero-order valence-corrected chi connectivity index (χ0v) is 18.9. The highest BCUT2D eigenvalue weighted by Gasteiger charge is 2.43. The number of pyridine rings is 1. The largest absolute Gasteiger partial charge is 0.491 e. The number of fused-ring (bicyclic) bond motifs is 2. The summed E-state index contributed by atoms with van der Waals surface area (Å²) in [6.45, 7) is 2.59. The van der Waals surface area contributed by atoms with Gasteiger partial charge in [-0.1, -0.05) is 11.6 Å². The standard InChI is InChI=1S/C24H26ClN3O5/c25-17-11-18-23(28-24(26-18)33-20-13-32-19-8-10-30-22(19)20)27-21(17)14-4-6-15(7-5-14)31-12-16-3-1-2-9-29-16/h4-7,11,16,19-20,22H,1-3,8-10,12-13H2,(H,26,27,28)/t16?,19-,20-,22+/m1/s1. The summed E-state index contributed by atoms with van der Waals surface area (Å²) in [4.78, 5) is 12.4. The average Bonchev–Trinajstić information content (AvgIpc) is 3.55. The number of aromatic amines is 1. The molecule has 0 saturated carbocycles. The fourth-order valence-electron chi connectivity index (χ4n) is 4.67. The third kappa shape index (κ3) is 4.40. The maximum Gasteiger partial charge on any atom is 0.296 e. The van der Waals surface area contributed by atoms with Gasteiger partial charge in [-0.2, -0.15) is 4.98 Å². The molecule has 8 nitrogen and oxygen atoms in total. The number of hydrogen-bond acceptors (Lipinski definition) is 7. The van der Waals surface area contributed by atoms with Crippen molar-refractivity contribution in [3.05, 3.63) is 35.4 Å². The number of rotatable bonds is 6. The van der Waals surface area contributed by atoms with E-state index in [2.05, 4.69) is 15.0 Å². The Bertz CT molecular complexity index is 1120. The van der Waals surface area contributed by atoms with Crippen molar-refractivity contribution in [2.45, 2.75) is 50.1 Å². The summed E-state index contributed by atoms with van der Waals surface area (Å²) < 4.78 is 29.1. The second-order valence-electron chi connectivity index (χ2n) is 8.71. The highest BCUT2D eigenvalue weighted by molar-refractivity contribution is 6.33. The van der Waals surface area contributed by atoms with Crippen molar-refractivity contribution in [2.75, 3.05) is 26.4 Å². The van der Waals surface area contributed by atoms with Crippen molar-refractivity contribution in [3.8, 4) is 23.0 Å². The Kier molecular flexibility index (Phi) is 5.84. The lowest BCUT2D eigenvalue weighted by Gasteiger charge is -2.22. The molecule has 1 N–H and O–H groups in total. The first-order chi connectivity index (χ1) is 16.2. The summed E-state index contributed by atoms with van der Waals surface area (Å²) in [6, 6.07) is 9.98. The molecule has 0 radical (unpaired) electrons. The molecule has 2 aromatic heterocycles. The molecular formula is C24H26ClN3O5. The van der Waals surface area contributed by atoms with Crippen LogP contribution in [0.25, 0.3) is 22.4 Å². The van der Waals surface area contributed by atoms with Gasteiger partial charge < -0.3 is 28.7 Å². The quantitative estimate of drug-likeness (QED) is 0.577. The zero-order valence-electron chi connectivity index (χ0n) is 18.2. The van der Waals surface area contributed by atoms with E-state index in [0.29, 0.717) is 47.7 Å². The molecule has 1 unspecified atom stereocenters. The Morgan fingerprint density at radius 3 is 2.79 bits per heavy atom. The number of nitrogens with zero attached hydrogens (tertiary/aromatic N) is 2. The van der Waals surface area contributed by atoms with Gasteiger partial charge in [-0.05, 0) is 56.0 Å². The van der Waals surface area contributed by atoms with Crippen LogP contribution in [0.15, 0.2) is 30.3 Å². The molecule has 3 saturated heterocycles. The van der Waals surface area contributed by atoms with E-state index in [4.69, 9.17) is 35.3 Å². The molecule has 0 spiro atoms. The SMILES string of the molecule is Clc1cc2[nH]c(O[C@@H]3CO[C@@H]4CCO[C@@H]43)nc2nc1-c1ccc(OCC2CCCCO2)cc1. The highest BCUT2D eigenvalue weighted by Crippen LogP contribution is 2.32. The second-order valence-corrected chi connectivity index (χ2v) is 9.12. The number of imidazole rings is 1. The smallest absolute Gasteiger partial charge is 0.296 e. The van der Waals surface area contributed by atoms with Gasteiger partial charge in [-0.3, -0.25) is 0 Å². The average molecular weight is 472 g/mol. The molecule has 33 heavy (non-hydrogen) atoms. The lowest BCUT2D eigenvalue weighted by molar-refractivity contribution is -0.0110. The van der Waals surface area contributed by atoms with Crippen LogP contribution in [-0.4, -0.2) is 65.8 Å². The fourth-order valence-corrected chi connectivity index (χ4v) is 4.93. The van der Waals surface area contributed by atoms with Crippen molar-refractivity contribution in [1.29, 1.82) is 0 Å². The van der Waals surface area contributed by atoms with Crippen molar-refractivity contribution < 1.29 is 23.7 Å². The number of ether oxygens (including phenoxy) is 5. The number of hydrogen-bond donors (Lipinski definition) is 1. The van der Waals surface area contributed by atoms with Crippen molar-refractivity contribution in [1.82, 2.24) is 15.0 Å². The van der Waals surface area contributed by atoms with Crippen molar-refractivity contribution >= 4 is 22.8 Å². The van der Waals surface area contributed by atoms with Crippen LogP contribution in [0.3, 0.4) is 0 Å². The Hall–Kier alpha value is -2.39. The van der Waals surface area contributed by atoms with Gasteiger partial charge in [0.1, 0.15) is 18.5 Å².